The molecular formula is C30H23ClN2O4S. The van der Waals surface area contributed by atoms with Crippen LogP contribution in [-0.2, 0) is 9.53 Å². The van der Waals surface area contributed by atoms with E-state index in [0.29, 0.717) is 31.4 Å². The summed E-state index contributed by atoms with van der Waals surface area (Å²) in [6.45, 7) is 3.76. The van der Waals surface area contributed by atoms with E-state index in [4.69, 9.17) is 27.5 Å². The van der Waals surface area contributed by atoms with Crippen LogP contribution in [0.2, 0.25) is 5.02 Å². The van der Waals surface area contributed by atoms with Crippen LogP contribution in [0.4, 0.5) is 0 Å². The average Bonchev–Trinajstić information content (AvgIpc) is 3.22. The summed E-state index contributed by atoms with van der Waals surface area (Å²) in [5.74, 6) is 2.52. The van der Waals surface area contributed by atoms with E-state index in [-0.39, 0.29) is 24.3 Å². The van der Waals surface area contributed by atoms with Gasteiger partial charge in [0.2, 0.25) is 0 Å². The minimum absolute atomic E-state index is 0.0923. The highest BCUT2D eigenvalue weighted by Gasteiger charge is 2.34. The molecule has 0 radical (unpaired) electrons. The number of rotatable bonds is 6. The van der Waals surface area contributed by atoms with Crippen LogP contribution >= 0.6 is 22.9 Å². The predicted octanol–water partition coefficient (Wildman–Crippen LogP) is 4.62. The molecule has 1 aromatic heterocycles. The molecule has 0 bridgehead atoms. The molecule has 0 fully saturated rings. The van der Waals surface area contributed by atoms with Gasteiger partial charge in [0, 0.05) is 10.6 Å². The van der Waals surface area contributed by atoms with E-state index in [0.717, 1.165) is 16.3 Å². The first kappa shape index (κ1) is 25.5. The number of esters is 1. The van der Waals surface area contributed by atoms with Crippen molar-refractivity contribution in [3.8, 4) is 18.1 Å². The fraction of sp³-hybridized carbons (Fsp3) is 0.167. The van der Waals surface area contributed by atoms with Gasteiger partial charge in [0.1, 0.15) is 18.4 Å². The standard InChI is InChI=1S/C30H23ClN2O4S/c1-4-16-37-24-15-14-19-10-6-7-11-20(19)22(24)17-25-28(34)33-27(21-12-8-9-13-23(21)31)26(29(35)36-5-2)18(3)32-30(33)38-25/h1,6-15,17,27H,5,16H2,2-3H3/b25-17-/t27-/m1/s1. The number of carbonyl (C=O) groups excluding carboxylic acids is 1. The first-order valence-corrected chi connectivity index (χ1v) is 13.2. The van der Waals surface area contributed by atoms with Crippen molar-refractivity contribution in [1.29, 1.82) is 0 Å². The van der Waals surface area contributed by atoms with Crippen LogP contribution in [0.3, 0.4) is 0 Å². The monoisotopic (exact) mass is 542 g/mol. The Kier molecular flexibility index (Phi) is 7.19. The van der Waals surface area contributed by atoms with E-state index in [9.17, 15) is 9.59 Å². The third kappa shape index (κ3) is 4.53. The Morgan fingerprint density at radius 1 is 1.18 bits per heavy atom. The maximum Gasteiger partial charge on any atom is 0.338 e. The summed E-state index contributed by atoms with van der Waals surface area (Å²) in [6, 6.07) is 18.0. The Morgan fingerprint density at radius 3 is 2.71 bits per heavy atom. The van der Waals surface area contributed by atoms with Crippen molar-refractivity contribution in [2.24, 2.45) is 4.99 Å². The number of hydrogen-bond donors (Lipinski definition) is 0. The highest BCUT2D eigenvalue weighted by atomic mass is 35.5. The van der Waals surface area contributed by atoms with Crippen LogP contribution < -0.4 is 19.6 Å². The van der Waals surface area contributed by atoms with Gasteiger partial charge in [0.15, 0.2) is 4.80 Å². The number of hydrogen-bond acceptors (Lipinski definition) is 6. The van der Waals surface area contributed by atoms with E-state index in [1.54, 1.807) is 38.1 Å². The first-order valence-electron chi connectivity index (χ1n) is 12.0. The summed E-state index contributed by atoms with van der Waals surface area (Å²) in [5.41, 5.74) is 1.80. The van der Waals surface area contributed by atoms with Crippen molar-refractivity contribution in [3.63, 3.8) is 0 Å². The number of thiazole rings is 1. The number of nitrogens with zero attached hydrogens (tertiary/aromatic N) is 2. The van der Waals surface area contributed by atoms with Crippen LogP contribution in [0.5, 0.6) is 5.75 Å². The quantitative estimate of drug-likeness (QED) is 0.263. The van der Waals surface area contributed by atoms with Crippen LogP contribution in [0.15, 0.2) is 81.7 Å². The van der Waals surface area contributed by atoms with Crippen molar-refractivity contribution in [2.75, 3.05) is 13.2 Å². The molecule has 0 N–H and O–H groups in total. The highest BCUT2D eigenvalue weighted by Crippen LogP contribution is 2.34. The summed E-state index contributed by atoms with van der Waals surface area (Å²) >= 11 is 7.82. The normalized spacial score (nSPS) is 15.1. The van der Waals surface area contributed by atoms with Gasteiger partial charge in [-0.3, -0.25) is 9.36 Å². The Morgan fingerprint density at radius 2 is 1.95 bits per heavy atom. The van der Waals surface area contributed by atoms with E-state index in [1.165, 1.54) is 15.9 Å². The van der Waals surface area contributed by atoms with Crippen LogP contribution in [0, 0.1) is 12.3 Å². The molecule has 190 valence electrons. The Hall–Kier alpha value is -4.12. The lowest BCUT2D eigenvalue weighted by Crippen LogP contribution is -2.40. The van der Waals surface area contributed by atoms with Gasteiger partial charge in [-0.1, -0.05) is 77.4 Å². The van der Waals surface area contributed by atoms with Crippen molar-refractivity contribution < 1.29 is 14.3 Å². The summed E-state index contributed by atoms with van der Waals surface area (Å²) in [7, 11) is 0. The molecule has 1 aliphatic heterocycles. The number of benzene rings is 3. The van der Waals surface area contributed by atoms with Crippen molar-refractivity contribution in [2.45, 2.75) is 19.9 Å². The Bertz CT molecular complexity index is 1830. The molecule has 0 saturated carbocycles. The molecule has 5 rings (SSSR count). The van der Waals surface area contributed by atoms with Crippen LogP contribution in [-0.4, -0.2) is 23.8 Å². The zero-order valence-electron chi connectivity index (χ0n) is 20.7. The first-order chi connectivity index (χ1) is 18.4. The van der Waals surface area contributed by atoms with Crippen LogP contribution in [0.1, 0.15) is 31.0 Å². The third-order valence-corrected chi connectivity index (χ3v) is 7.56. The van der Waals surface area contributed by atoms with E-state index in [1.807, 2.05) is 42.5 Å². The molecule has 4 aromatic rings. The summed E-state index contributed by atoms with van der Waals surface area (Å²) in [6.07, 6.45) is 7.23. The number of carbonyl (C=O) groups is 1. The van der Waals surface area contributed by atoms with Crippen molar-refractivity contribution >= 4 is 45.8 Å². The molecule has 0 saturated heterocycles. The lowest BCUT2D eigenvalue weighted by molar-refractivity contribution is -0.139. The molecule has 2 heterocycles. The van der Waals surface area contributed by atoms with Gasteiger partial charge < -0.3 is 9.47 Å². The lowest BCUT2D eigenvalue weighted by atomic mass is 9.96. The molecule has 6 nitrogen and oxygen atoms in total. The van der Waals surface area contributed by atoms with Gasteiger partial charge in [0.25, 0.3) is 5.56 Å². The second-order valence-corrected chi connectivity index (χ2v) is 9.93. The summed E-state index contributed by atoms with van der Waals surface area (Å²) < 4.78 is 13.1. The molecule has 1 atom stereocenters. The number of aromatic nitrogens is 1. The number of halogens is 1. The zero-order chi connectivity index (χ0) is 26.8. The second kappa shape index (κ2) is 10.7. The largest absolute Gasteiger partial charge is 0.480 e. The third-order valence-electron chi connectivity index (χ3n) is 6.23. The number of fused-ring (bicyclic) bond motifs is 2. The van der Waals surface area contributed by atoms with E-state index >= 15 is 0 Å². The molecule has 3 aromatic carbocycles. The Labute approximate surface area is 228 Å². The fourth-order valence-electron chi connectivity index (χ4n) is 4.58. The van der Waals surface area contributed by atoms with Crippen LogP contribution in [0.25, 0.3) is 16.8 Å². The maximum atomic E-state index is 14.0. The van der Waals surface area contributed by atoms with E-state index in [2.05, 4.69) is 10.9 Å². The number of allylic oxidation sites excluding steroid dienone is 1. The zero-order valence-corrected chi connectivity index (χ0v) is 22.3. The minimum Gasteiger partial charge on any atom is -0.480 e. The number of terminal acetylenes is 1. The van der Waals surface area contributed by atoms with Gasteiger partial charge in [0.05, 0.1) is 22.4 Å². The fourth-order valence-corrected chi connectivity index (χ4v) is 5.85. The molecular weight excluding hydrogens is 520 g/mol. The molecule has 0 spiro atoms. The van der Waals surface area contributed by atoms with Gasteiger partial charge in [-0.15, -0.1) is 6.42 Å². The molecule has 0 unspecified atom stereocenters. The van der Waals surface area contributed by atoms with Gasteiger partial charge in [-0.05, 0) is 48.4 Å². The highest BCUT2D eigenvalue weighted by molar-refractivity contribution is 7.07. The van der Waals surface area contributed by atoms with Gasteiger partial charge in [-0.25, -0.2) is 9.79 Å². The molecule has 38 heavy (non-hydrogen) atoms. The lowest BCUT2D eigenvalue weighted by Gasteiger charge is -2.25. The average molecular weight is 543 g/mol. The number of ether oxygens (including phenoxy) is 2. The predicted molar refractivity (Wildman–Crippen MR) is 150 cm³/mol. The molecule has 0 amide bonds. The molecule has 8 heteroatoms. The summed E-state index contributed by atoms with van der Waals surface area (Å²) in [4.78, 5) is 32.2. The minimum atomic E-state index is -0.786. The maximum absolute atomic E-state index is 14.0. The van der Waals surface area contributed by atoms with E-state index < -0.39 is 12.0 Å². The summed E-state index contributed by atoms with van der Waals surface area (Å²) in [5, 5.41) is 2.34. The van der Waals surface area contributed by atoms with Gasteiger partial charge >= 0.3 is 5.97 Å². The SMILES string of the molecule is C#CCOc1ccc2ccccc2c1/C=c1\sc2n(c1=O)[C@H](c1ccccc1Cl)C(C(=O)OCC)=C(C)N=2. The van der Waals surface area contributed by atoms with Gasteiger partial charge in [-0.2, -0.15) is 0 Å². The van der Waals surface area contributed by atoms with Crippen molar-refractivity contribution in [1.82, 2.24) is 4.57 Å². The van der Waals surface area contributed by atoms with Crippen molar-refractivity contribution in [3.05, 3.63) is 108 Å². The molecule has 0 aliphatic carbocycles. The topological polar surface area (TPSA) is 69.9 Å². The molecule has 1 aliphatic rings. The second-order valence-electron chi connectivity index (χ2n) is 8.52. The smallest absolute Gasteiger partial charge is 0.338 e. The Balaban J connectivity index is 1.79.